The van der Waals surface area contributed by atoms with Crippen LogP contribution in [0.3, 0.4) is 0 Å². The minimum Gasteiger partial charge on any atom is -0.394 e. The van der Waals surface area contributed by atoms with Crippen LogP contribution in [0.15, 0.2) is 0 Å². The van der Waals surface area contributed by atoms with E-state index in [2.05, 4.69) is 13.8 Å². The molecule has 0 amide bonds. The van der Waals surface area contributed by atoms with E-state index in [4.69, 9.17) is 10.2 Å². The highest BCUT2D eigenvalue weighted by Gasteiger charge is 2.03. The molecule has 0 aliphatic rings. The molecule has 26 heavy (non-hydrogen) atoms. The van der Waals surface area contributed by atoms with Gasteiger partial charge in [-0.05, 0) is 19.8 Å². The zero-order chi connectivity index (χ0) is 19.9. The van der Waals surface area contributed by atoms with Crippen LogP contribution < -0.4 is 0 Å². The fourth-order valence-corrected chi connectivity index (χ4v) is 3.00. The summed E-state index contributed by atoms with van der Waals surface area (Å²) >= 11 is 0. The molecule has 3 nitrogen and oxygen atoms in total. The SMILES string of the molecule is CC(O)CO.CCCCCCCCCCCC(O)CCCCCCCC. The van der Waals surface area contributed by atoms with Crippen molar-refractivity contribution in [3.63, 3.8) is 0 Å². The number of hydrogen-bond acceptors (Lipinski definition) is 3. The van der Waals surface area contributed by atoms with Crippen molar-refractivity contribution < 1.29 is 15.3 Å². The largest absolute Gasteiger partial charge is 0.394 e. The molecule has 3 heteroatoms. The molecule has 2 atom stereocenters. The van der Waals surface area contributed by atoms with Gasteiger partial charge in [0, 0.05) is 0 Å². The normalized spacial score (nSPS) is 13.2. The van der Waals surface area contributed by atoms with E-state index in [1.807, 2.05) is 0 Å². The van der Waals surface area contributed by atoms with E-state index in [1.165, 1.54) is 103 Å². The van der Waals surface area contributed by atoms with E-state index in [9.17, 15) is 5.11 Å². The van der Waals surface area contributed by atoms with E-state index in [0.717, 1.165) is 12.8 Å². The Labute approximate surface area is 164 Å². The molecule has 0 aliphatic heterocycles. The van der Waals surface area contributed by atoms with Crippen LogP contribution >= 0.6 is 0 Å². The molecule has 0 aromatic carbocycles. The van der Waals surface area contributed by atoms with Gasteiger partial charge in [0.25, 0.3) is 0 Å². The number of rotatable bonds is 18. The zero-order valence-electron chi connectivity index (χ0n) is 18.2. The summed E-state index contributed by atoms with van der Waals surface area (Å²) in [5.74, 6) is 0. The summed E-state index contributed by atoms with van der Waals surface area (Å²) in [5.41, 5.74) is 0. The zero-order valence-corrected chi connectivity index (χ0v) is 18.2. The first-order chi connectivity index (χ1) is 12.6. The minimum atomic E-state index is -0.560. The number of aliphatic hydroxyl groups excluding tert-OH is 3. The molecule has 3 N–H and O–H groups in total. The molecule has 0 saturated heterocycles. The van der Waals surface area contributed by atoms with Gasteiger partial charge in [0.1, 0.15) is 0 Å². The molecule has 0 heterocycles. The molecule has 0 aromatic rings. The molecule has 0 bridgehead atoms. The average Bonchev–Trinajstić information content (AvgIpc) is 2.63. The van der Waals surface area contributed by atoms with Crippen LogP contribution in [-0.4, -0.2) is 34.1 Å². The molecule has 0 rings (SSSR count). The van der Waals surface area contributed by atoms with Crippen LogP contribution in [0.5, 0.6) is 0 Å². The lowest BCUT2D eigenvalue weighted by molar-refractivity contribution is 0.110. The number of unbranched alkanes of at least 4 members (excludes halogenated alkanes) is 13. The summed E-state index contributed by atoms with van der Waals surface area (Å²) in [6.07, 6.45) is 21.8. The number of aliphatic hydroxyl groups is 3. The summed E-state index contributed by atoms with van der Waals surface area (Å²) < 4.78 is 0. The molecule has 160 valence electrons. The first-order valence-corrected chi connectivity index (χ1v) is 11.5. The van der Waals surface area contributed by atoms with Crippen LogP contribution in [-0.2, 0) is 0 Å². The molecular weight excluding hydrogens is 324 g/mol. The first-order valence-electron chi connectivity index (χ1n) is 11.5. The van der Waals surface area contributed by atoms with Crippen molar-refractivity contribution in [1.29, 1.82) is 0 Å². The second-order valence-electron chi connectivity index (χ2n) is 7.86. The Morgan fingerprint density at radius 3 is 1.08 bits per heavy atom. The van der Waals surface area contributed by atoms with Crippen molar-refractivity contribution in [2.24, 2.45) is 0 Å². The fraction of sp³-hybridized carbons (Fsp3) is 1.00. The van der Waals surface area contributed by atoms with E-state index in [-0.39, 0.29) is 12.7 Å². The van der Waals surface area contributed by atoms with Crippen molar-refractivity contribution in [2.75, 3.05) is 6.61 Å². The Hall–Kier alpha value is -0.120. The Bertz CT molecular complexity index is 231. The first kappa shape index (κ1) is 28.1. The molecule has 0 fully saturated rings. The van der Waals surface area contributed by atoms with Crippen LogP contribution in [0.4, 0.5) is 0 Å². The van der Waals surface area contributed by atoms with Crippen molar-refractivity contribution in [1.82, 2.24) is 0 Å². The highest BCUT2D eigenvalue weighted by molar-refractivity contribution is 4.57. The van der Waals surface area contributed by atoms with Gasteiger partial charge in [-0.15, -0.1) is 0 Å². The second kappa shape index (κ2) is 24.9. The van der Waals surface area contributed by atoms with Crippen molar-refractivity contribution >= 4 is 0 Å². The van der Waals surface area contributed by atoms with E-state index < -0.39 is 6.10 Å². The predicted octanol–water partition coefficient (Wildman–Crippen LogP) is 6.38. The Morgan fingerprint density at radius 1 is 0.538 bits per heavy atom. The lowest BCUT2D eigenvalue weighted by Gasteiger charge is -2.10. The third-order valence-corrected chi connectivity index (χ3v) is 4.80. The highest BCUT2D eigenvalue weighted by Crippen LogP contribution is 2.14. The van der Waals surface area contributed by atoms with Gasteiger partial charge in [-0.2, -0.15) is 0 Å². The maximum atomic E-state index is 9.95. The summed E-state index contributed by atoms with van der Waals surface area (Å²) in [6.45, 7) is 5.92. The van der Waals surface area contributed by atoms with Gasteiger partial charge in [-0.25, -0.2) is 0 Å². The van der Waals surface area contributed by atoms with Crippen LogP contribution in [0.1, 0.15) is 130 Å². The number of hydrogen-bond donors (Lipinski definition) is 3. The van der Waals surface area contributed by atoms with Crippen LogP contribution in [0, 0.1) is 0 Å². The van der Waals surface area contributed by atoms with Crippen LogP contribution in [0.25, 0.3) is 0 Å². The predicted molar refractivity (Wildman–Crippen MR) is 115 cm³/mol. The van der Waals surface area contributed by atoms with E-state index in [0.29, 0.717) is 0 Å². The van der Waals surface area contributed by atoms with Gasteiger partial charge in [-0.1, -0.05) is 110 Å². The van der Waals surface area contributed by atoms with Crippen molar-refractivity contribution in [2.45, 2.75) is 142 Å². The van der Waals surface area contributed by atoms with Gasteiger partial charge in [-0.3, -0.25) is 0 Å². The Balaban J connectivity index is 0. The second-order valence-corrected chi connectivity index (χ2v) is 7.86. The van der Waals surface area contributed by atoms with Gasteiger partial charge in [0.2, 0.25) is 0 Å². The topological polar surface area (TPSA) is 60.7 Å². The lowest BCUT2D eigenvalue weighted by atomic mass is 10.0. The summed E-state index contributed by atoms with van der Waals surface area (Å²) in [5, 5.41) is 26.0. The highest BCUT2D eigenvalue weighted by atomic mass is 16.3. The van der Waals surface area contributed by atoms with Crippen LogP contribution in [0.2, 0.25) is 0 Å². The standard InChI is InChI=1S/C20H42O.C3H8O2/c1-3-5-7-9-11-12-13-15-17-19-20(21)18-16-14-10-8-6-4-2;1-3(5)2-4/h20-21H,3-19H2,1-2H3;3-5H,2H2,1H3. The smallest absolute Gasteiger partial charge is 0.0742 e. The Morgan fingerprint density at radius 2 is 0.808 bits per heavy atom. The molecule has 0 radical (unpaired) electrons. The molecule has 0 aliphatic carbocycles. The van der Waals surface area contributed by atoms with Gasteiger partial charge in [0.05, 0.1) is 18.8 Å². The lowest BCUT2D eigenvalue weighted by Crippen LogP contribution is -2.05. The Kier molecular flexibility index (Phi) is 26.9. The van der Waals surface area contributed by atoms with Gasteiger partial charge >= 0.3 is 0 Å². The molecular formula is C23H50O3. The van der Waals surface area contributed by atoms with E-state index >= 15 is 0 Å². The maximum Gasteiger partial charge on any atom is 0.0742 e. The third kappa shape index (κ3) is 28.7. The quantitative estimate of drug-likeness (QED) is 0.244. The van der Waals surface area contributed by atoms with E-state index in [1.54, 1.807) is 0 Å². The minimum absolute atomic E-state index is 0.0271. The van der Waals surface area contributed by atoms with Gasteiger partial charge in [0.15, 0.2) is 0 Å². The molecule has 0 saturated carbocycles. The van der Waals surface area contributed by atoms with Crippen molar-refractivity contribution in [3.05, 3.63) is 0 Å². The summed E-state index contributed by atoms with van der Waals surface area (Å²) in [4.78, 5) is 0. The van der Waals surface area contributed by atoms with Gasteiger partial charge < -0.3 is 15.3 Å². The third-order valence-electron chi connectivity index (χ3n) is 4.80. The fourth-order valence-electron chi connectivity index (χ4n) is 3.00. The molecule has 0 aromatic heterocycles. The molecule has 0 spiro atoms. The molecule has 2 unspecified atom stereocenters. The average molecular weight is 375 g/mol. The monoisotopic (exact) mass is 374 g/mol. The summed E-state index contributed by atoms with van der Waals surface area (Å²) in [6, 6.07) is 0. The maximum absolute atomic E-state index is 9.95. The summed E-state index contributed by atoms with van der Waals surface area (Å²) in [7, 11) is 0. The van der Waals surface area contributed by atoms with Crippen molar-refractivity contribution in [3.8, 4) is 0 Å².